The van der Waals surface area contributed by atoms with Crippen LogP contribution in [-0.4, -0.2) is 12.2 Å². The zero-order valence-corrected chi connectivity index (χ0v) is 30.3. The lowest BCUT2D eigenvalue weighted by Crippen LogP contribution is -2.34. The molecule has 4 rings (SSSR count). The molecular weight excluding hydrogens is 544 g/mol. The topological polar surface area (TPSA) is 9.23 Å². The van der Waals surface area contributed by atoms with E-state index in [-0.39, 0.29) is 12.2 Å². The maximum atomic E-state index is 7.12. The van der Waals surface area contributed by atoms with Gasteiger partial charge in [-0.15, -0.1) is 0 Å². The van der Waals surface area contributed by atoms with Crippen LogP contribution in [0.3, 0.4) is 0 Å². The highest BCUT2D eigenvalue weighted by Crippen LogP contribution is 2.37. The Bertz CT molecular complexity index is 1100. The normalized spacial score (nSPS) is 20.5. The zero-order valence-electron chi connectivity index (χ0n) is 30.3. The Hall–Kier alpha value is -2.12. The number of ether oxygens (including phenoxy) is 1. The van der Waals surface area contributed by atoms with Crippen molar-refractivity contribution in [3.63, 3.8) is 0 Å². The molecule has 45 heavy (non-hydrogen) atoms. The Kier molecular flexibility index (Phi) is 14.1. The molecule has 0 saturated heterocycles. The lowest BCUT2D eigenvalue weighted by molar-refractivity contribution is -0.0234. The van der Waals surface area contributed by atoms with Crippen LogP contribution in [0.1, 0.15) is 129 Å². The molecular formula is C44H66O. The third kappa shape index (κ3) is 11.6. The van der Waals surface area contributed by atoms with E-state index < -0.39 is 0 Å². The molecule has 0 fully saturated rings. The Labute approximate surface area is 278 Å². The molecule has 0 aromatic heterocycles. The van der Waals surface area contributed by atoms with E-state index in [1.807, 2.05) is 0 Å². The van der Waals surface area contributed by atoms with Crippen molar-refractivity contribution in [1.82, 2.24) is 0 Å². The zero-order chi connectivity index (χ0) is 32.3. The van der Waals surface area contributed by atoms with Gasteiger partial charge in [0.25, 0.3) is 0 Å². The molecule has 1 heteroatoms. The van der Waals surface area contributed by atoms with Crippen molar-refractivity contribution >= 4 is 0 Å². The number of hydrogen-bond acceptors (Lipinski definition) is 1. The summed E-state index contributed by atoms with van der Waals surface area (Å²) in [5.41, 5.74) is 9.08. The van der Waals surface area contributed by atoms with E-state index >= 15 is 0 Å². The van der Waals surface area contributed by atoms with Crippen molar-refractivity contribution in [2.75, 3.05) is 0 Å². The molecule has 0 radical (unpaired) electrons. The first-order valence-electron chi connectivity index (χ1n) is 18.8. The van der Waals surface area contributed by atoms with Crippen molar-refractivity contribution in [2.45, 2.75) is 145 Å². The summed E-state index contributed by atoms with van der Waals surface area (Å²) in [7, 11) is 0. The van der Waals surface area contributed by atoms with Gasteiger partial charge in [-0.3, -0.25) is 0 Å². The molecule has 0 aliphatic heterocycles. The first kappa shape index (κ1) is 35.7. The van der Waals surface area contributed by atoms with Crippen LogP contribution in [0.4, 0.5) is 0 Å². The molecule has 248 valence electrons. The van der Waals surface area contributed by atoms with Crippen LogP contribution in [0.25, 0.3) is 0 Å². The fourth-order valence-electron chi connectivity index (χ4n) is 7.73. The van der Waals surface area contributed by atoms with E-state index in [1.54, 1.807) is 11.1 Å². The molecule has 0 amide bonds. The lowest BCUT2D eigenvalue weighted by Gasteiger charge is -2.36. The molecule has 2 aliphatic rings. The van der Waals surface area contributed by atoms with Gasteiger partial charge in [0.05, 0.1) is 12.2 Å². The van der Waals surface area contributed by atoms with Crippen LogP contribution >= 0.6 is 0 Å². The average molecular weight is 611 g/mol. The summed E-state index contributed by atoms with van der Waals surface area (Å²) in [5.74, 6) is 4.05. The summed E-state index contributed by atoms with van der Waals surface area (Å²) < 4.78 is 7.12. The summed E-state index contributed by atoms with van der Waals surface area (Å²) in [5, 5.41) is 0. The highest BCUT2D eigenvalue weighted by molar-refractivity contribution is 5.24. The molecule has 0 spiro atoms. The Balaban J connectivity index is 1.27. The second-order valence-corrected chi connectivity index (χ2v) is 16.2. The third-order valence-electron chi connectivity index (χ3n) is 10.4. The van der Waals surface area contributed by atoms with Crippen LogP contribution in [0.15, 0.2) is 71.8 Å². The summed E-state index contributed by atoms with van der Waals surface area (Å²) in [6, 6.07) is 18.9. The number of benzene rings is 2. The standard InChI is InChI=1S/C44H66O/c1-31(2)29-39-17-13-35(14-18-39)9-11-37-21-25-41(26-22-37)43(33(5)6)45-44(34(7)8)42-27-23-38(24-28-42)12-10-36-15-19-40(20-16-36)30-32(3)4/h13-20,25,27,31-34,37-38,43-44H,9-12,21-24,26,28-30H2,1-8H3. The summed E-state index contributed by atoms with van der Waals surface area (Å²) >= 11 is 0. The van der Waals surface area contributed by atoms with Crippen LogP contribution in [0.2, 0.25) is 0 Å². The number of allylic oxidation sites excluding steroid dienone is 2. The van der Waals surface area contributed by atoms with Gasteiger partial charge in [0, 0.05) is 0 Å². The minimum absolute atomic E-state index is 0.240. The highest BCUT2D eigenvalue weighted by atomic mass is 16.5. The van der Waals surface area contributed by atoms with Crippen molar-refractivity contribution in [3.8, 4) is 0 Å². The molecule has 1 nitrogen and oxygen atoms in total. The lowest BCUT2D eigenvalue weighted by atomic mass is 9.80. The quantitative estimate of drug-likeness (QED) is 0.172. The Morgan fingerprint density at radius 2 is 0.889 bits per heavy atom. The van der Waals surface area contributed by atoms with Crippen molar-refractivity contribution in [2.24, 2.45) is 35.5 Å². The molecule has 2 aliphatic carbocycles. The van der Waals surface area contributed by atoms with Crippen molar-refractivity contribution < 1.29 is 4.74 Å². The maximum Gasteiger partial charge on any atom is 0.0816 e. The molecule has 0 N–H and O–H groups in total. The average Bonchev–Trinajstić information content (AvgIpc) is 3.01. The first-order chi connectivity index (χ1) is 21.6. The predicted molar refractivity (Wildman–Crippen MR) is 196 cm³/mol. The fourth-order valence-corrected chi connectivity index (χ4v) is 7.73. The molecule has 4 unspecified atom stereocenters. The number of hydrogen-bond donors (Lipinski definition) is 0. The van der Waals surface area contributed by atoms with E-state index in [9.17, 15) is 0 Å². The van der Waals surface area contributed by atoms with Crippen LogP contribution < -0.4 is 0 Å². The van der Waals surface area contributed by atoms with Gasteiger partial charge >= 0.3 is 0 Å². The molecule has 0 saturated carbocycles. The molecule has 4 atom stereocenters. The highest BCUT2D eigenvalue weighted by Gasteiger charge is 2.30. The van der Waals surface area contributed by atoms with Gasteiger partial charge in [-0.2, -0.15) is 0 Å². The number of rotatable bonds is 16. The Morgan fingerprint density at radius 3 is 1.18 bits per heavy atom. The summed E-state index contributed by atoms with van der Waals surface area (Å²) in [6.45, 7) is 18.6. The van der Waals surface area contributed by atoms with Gasteiger partial charge in [0.15, 0.2) is 0 Å². The predicted octanol–water partition coefficient (Wildman–Crippen LogP) is 12.2. The Morgan fingerprint density at radius 1 is 0.533 bits per heavy atom. The van der Waals surface area contributed by atoms with E-state index in [1.165, 1.54) is 99.3 Å². The monoisotopic (exact) mass is 611 g/mol. The SMILES string of the molecule is CC(C)Cc1ccc(CCC2CC=C(C(OC(C3=CCC(CCc4ccc(CC(C)C)cc4)CC3)C(C)C)C(C)C)CC2)cc1. The van der Waals surface area contributed by atoms with Crippen molar-refractivity contribution in [3.05, 3.63) is 94.1 Å². The minimum Gasteiger partial charge on any atom is -0.366 e. The fraction of sp³-hybridized carbons (Fsp3) is 0.636. The first-order valence-corrected chi connectivity index (χ1v) is 18.8. The van der Waals surface area contributed by atoms with E-state index in [4.69, 9.17) is 4.74 Å². The van der Waals surface area contributed by atoms with E-state index in [2.05, 4.69) is 116 Å². The molecule has 0 bridgehead atoms. The molecule has 2 aromatic rings. The molecule has 2 aromatic carbocycles. The second kappa shape index (κ2) is 17.7. The van der Waals surface area contributed by atoms with Gasteiger partial charge < -0.3 is 4.74 Å². The van der Waals surface area contributed by atoms with Gasteiger partial charge in [-0.05, 0) is 146 Å². The smallest absolute Gasteiger partial charge is 0.0816 e. The van der Waals surface area contributed by atoms with Crippen molar-refractivity contribution in [1.29, 1.82) is 0 Å². The van der Waals surface area contributed by atoms with Gasteiger partial charge in [0.2, 0.25) is 0 Å². The van der Waals surface area contributed by atoms with Crippen LogP contribution in [0.5, 0.6) is 0 Å². The second-order valence-electron chi connectivity index (χ2n) is 16.2. The summed E-state index contributed by atoms with van der Waals surface area (Å²) in [6.07, 6.45) is 20.4. The van der Waals surface area contributed by atoms with Crippen LogP contribution in [0, 0.1) is 35.5 Å². The van der Waals surface area contributed by atoms with Gasteiger partial charge in [0.1, 0.15) is 0 Å². The maximum absolute atomic E-state index is 7.12. The number of aryl methyl sites for hydroxylation is 2. The largest absolute Gasteiger partial charge is 0.366 e. The van der Waals surface area contributed by atoms with E-state index in [0.29, 0.717) is 11.8 Å². The summed E-state index contributed by atoms with van der Waals surface area (Å²) in [4.78, 5) is 0. The van der Waals surface area contributed by atoms with Gasteiger partial charge in [-0.1, -0.05) is 116 Å². The molecule has 0 heterocycles. The van der Waals surface area contributed by atoms with Crippen LogP contribution in [-0.2, 0) is 30.4 Å². The van der Waals surface area contributed by atoms with Gasteiger partial charge in [-0.25, -0.2) is 0 Å². The van der Waals surface area contributed by atoms with E-state index in [0.717, 1.165) is 23.7 Å². The third-order valence-corrected chi connectivity index (χ3v) is 10.4. The minimum atomic E-state index is 0.240.